The molecular weight excluding hydrogens is 240 g/mol. The minimum absolute atomic E-state index is 0.248. The quantitative estimate of drug-likeness (QED) is 0.756. The first-order valence-electron chi connectivity index (χ1n) is 7.73. The molecule has 0 aromatic rings. The van der Waals surface area contributed by atoms with Gasteiger partial charge in [0.2, 0.25) is 5.91 Å². The van der Waals surface area contributed by atoms with E-state index in [1.54, 1.807) is 6.92 Å². The molecule has 0 bridgehead atoms. The molecule has 3 saturated heterocycles. The highest BCUT2D eigenvalue weighted by Gasteiger charge is 2.42. The Morgan fingerprint density at radius 3 is 2.89 bits per heavy atom. The second-order valence-corrected chi connectivity index (χ2v) is 6.76. The Kier molecular flexibility index (Phi) is 3.81. The summed E-state index contributed by atoms with van der Waals surface area (Å²) in [6.45, 7) is 9.17. The van der Waals surface area contributed by atoms with Gasteiger partial charge < -0.3 is 14.5 Å². The fourth-order valence-corrected chi connectivity index (χ4v) is 4.10. The Labute approximate surface area is 116 Å². The minimum atomic E-state index is 0.248. The van der Waals surface area contributed by atoms with E-state index >= 15 is 0 Å². The van der Waals surface area contributed by atoms with Crippen molar-refractivity contribution in [2.24, 2.45) is 11.3 Å². The summed E-state index contributed by atoms with van der Waals surface area (Å²) in [4.78, 5) is 16.2. The number of ether oxygens (including phenoxy) is 1. The van der Waals surface area contributed by atoms with Crippen molar-refractivity contribution in [2.45, 2.75) is 32.6 Å². The van der Waals surface area contributed by atoms with E-state index in [0.717, 1.165) is 32.2 Å². The summed E-state index contributed by atoms with van der Waals surface area (Å²) in [5, 5.41) is 0. The SMILES string of the molecule is CC(=O)N1CC[C@]2(CCCN(C[C@@H]3CCOC3)C2)C1. The van der Waals surface area contributed by atoms with Crippen molar-refractivity contribution in [3.05, 3.63) is 0 Å². The third-order valence-corrected chi connectivity index (χ3v) is 5.16. The number of amides is 1. The molecule has 0 unspecified atom stereocenters. The third kappa shape index (κ3) is 2.95. The number of hydrogen-bond acceptors (Lipinski definition) is 3. The van der Waals surface area contributed by atoms with Crippen LogP contribution in [-0.2, 0) is 9.53 Å². The minimum Gasteiger partial charge on any atom is -0.381 e. The molecule has 3 aliphatic rings. The lowest BCUT2D eigenvalue weighted by molar-refractivity contribution is -0.128. The first-order valence-corrected chi connectivity index (χ1v) is 7.73. The van der Waals surface area contributed by atoms with E-state index in [1.165, 1.54) is 45.3 Å². The largest absolute Gasteiger partial charge is 0.381 e. The van der Waals surface area contributed by atoms with E-state index in [4.69, 9.17) is 4.74 Å². The molecule has 1 spiro atoms. The number of carbonyl (C=O) groups is 1. The molecule has 0 aromatic heterocycles. The lowest BCUT2D eigenvalue weighted by Gasteiger charge is -2.41. The van der Waals surface area contributed by atoms with Gasteiger partial charge in [0.1, 0.15) is 0 Å². The number of piperidine rings is 1. The lowest BCUT2D eigenvalue weighted by Crippen LogP contribution is -2.46. The number of nitrogens with zero attached hydrogens (tertiary/aromatic N) is 2. The van der Waals surface area contributed by atoms with Crippen molar-refractivity contribution in [1.29, 1.82) is 0 Å². The molecule has 3 heterocycles. The zero-order valence-corrected chi connectivity index (χ0v) is 12.1. The van der Waals surface area contributed by atoms with E-state index in [9.17, 15) is 4.79 Å². The number of likely N-dealkylation sites (tertiary alicyclic amines) is 2. The summed E-state index contributed by atoms with van der Waals surface area (Å²) in [5.74, 6) is 0.985. The number of carbonyl (C=O) groups excluding carboxylic acids is 1. The molecule has 4 heteroatoms. The predicted molar refractivity (Wildman–Crippen MR) is 73.9 cm³/mol. The van der Waals surface area contributed by atoms with Gasteiger partial charge in [-0.3, -0.25) is 4.79 Å². The lowest BCUT2D eigenvalue weighted by atomic mass is 9.79. The Balaban J connectivity index is 1.57. The molecule has 2 atom stereocenters. The van der Waals surface area contributed by atoms with Crippen LogP contribution in [0.1, 0.15) is 32.6 Å². The Morgan fingerprint density at radius 2 is 2.21 bits per heavy atom. The van der Waals surface area contributed by atoms with Crippen LogP contribution in [-0.4, -0.2) is 61.6 Å². The molecule has 3 fully saturated rings. The van der Waals surface area contributed by atoms with Crippen molar-refractivity contribution < 1.29 is 9.53 Å². The molecule has 0 N–H and O–H groups in total. The molecule has 19 heavy (non-hydrogen) atoms. The molecule has 0 saturated carbocycles. The van der Waals surface area contributed by atoms with Crippen molar-refractivity contribution in [3.63, 3.8) is 0 Å². The topological polar surface area (TPSA) is 32.8 Å². The average Bonchev–Trinajstić information content (AvgIpc) is 3.00. The molecule has 108 valence electrons. The zero-order valence-electron chi connectivity index (χ0n) is 12.1. The van der Waals surface area contributed by atoms with Gasteiger partial charge in [-0.1, -0.05) is 0 Å². The van der Waals surface area contributed by atoms with Crippen molar-refractivity contribution in [2.75, 3.05) is 45.9 Å². The summed E-state index contributed by atoms with van der Waals surface area (Å²) in [5.41, 5.74) is 0.392. The van der Waals surface area contributed by atoms with E-state index < -0.39 is 0 Å². The molecular formula is C15H26N2O2. The van der Waals surface area contributed by atoms with Crippen LogP contribution in [0.2, 0.25) is 0 Å². The van der Waals surface area contributed by atoms with Gasteiger partial charge in [0.05, 0.1) is 6.61 Å². The van der Waals surface area contributed by atoms with E-state index in [2.05, 4.69) is 4.90 Å². The van der Waals surface area contributed by atoms with Gasteiger partial charge in [0.25, 0.3) is 0 Å². The maximum atomic E-state index is 11.5. The summed E-state index contributed by atoms with van der Waals surface area (Å²) in [6, 6.07) is 0. The standard InChI is InChI=1S/C15H26N2O2/c1-13(18)17-7-5-15(12-17)4-2-6-16(11-15)9-14-3-8-19-10-14/h14H,2-12H2,1H3/t14-,15-/m0/s1. The predicted octanol–water partition coefficient (Wildman–Crippen LogP) is 1.36. The Hall–Kier alpha value is -0.610. The highest BCUT2D eigenvalue weighted by atomic mass is 16.5. The van der Waals surface area contributed by atoms with Gasteiger partial charge in [-0.15, -0.1) is 0 Å². The van der Waals surface area contributed by atoms with E-state index in [0.29, 0.717) is 5.41 Å². The van der Waals surface area contributed by atoms with Crippen molar-refractivity contribution in [1.82, 2.24) is 9.80 Å². The first-order chi connectivity index (χ1) is 9.17. The molecule has 0 aliphatic carbocycles. The first kappa shape index (κ1) is 13.4. The van der Waals surface area contributed by atoms with Crippen molar-refractivity contribution in [3.8, 4) is 0 Å². The zero-order chi connectivity index (χ0) is 13.3. The molecule has 4 nitrogen and oxygen atoms in total. The van der Waals surface area contributed by atoms with Crippen LogP contribution >= 0.6 is 0 Å². The average molecular weight is 266 g/mol. The second-order valence-electron chi connectivity index (χ2n) is 6.76. The van der Waals surface area contributed by atoms with Gasteiger partial charge in [-0.2, -0.15) is 0 Å². The van der Waals surface area contributed by atoms with Gasteiger partial charge in [0.15, 0.2) is 0 Å². The van der Waals surface area contributed by atoms with Crippen LogP contribution in [0.25, 0.3) is 0 Å². The summed E-state index contributed by atoms with van der Waals surface area (Å²) in [7, 11) is 0. The van der Waals surface area contributed by atoms with E-state index in [1.807, 2.05) is 4.90 Å². The maximum Gasteiger partial charge on any atom is 0.219 e. The van der Waals surface area contributed by atoms with Gasteiger partial charge in [-0.25, -0.2) is 0 Å². The van der Waals surface area contributed by atoms with E-state index in [-0.39, 0.29) is 5.91 Å². The summed E-state index contributed by atoms with van der Waals surface area (Å²) in [6.07, 6.45) is 5.01. The molecule has 0 radical (unpaired) electrons. The third-order valence-electron chi connectivity index (χ3n) is 5.16. The van der Waals surface area contributed by atoms with Crippen LogP contribution in [0, 0.1) is 11.3 Å². The summed E-state index contributed by atoms with van der Waals surface area (Å²) >= 11 is 0. The van der Waals surface area contributed by atoms with Gasteiger partial charge >= 0.3 is 0 Å². The molecule has 3 rings (SSSR count). The highest BCUT2D eigenvalue weighted by Crippen LogP contribution is 2.39. The van der Waals surface area contributed by atoms with Crippen LogP contribution in [0.4, 0.5) is 0 Å². The second kappa shape index (κ2) is 5.41. The maximum absolute atomic E-state index is 11.5. The van der Waals surface area contributed by atoms with Crippen LogP contribution in [0.3, 0.4) is 0 Å². The smallest absolute Gasteiger partial charge is 0.219 e. The van der Waals surface area contributed by atoms with Crippen LogP contribution in [0.15, 0.2) is 0 Å². The fourth-order valence-electron chi connectivity index (χ4n) is 4.10. The highest BCUT2D eigenvalue weighted by molar-refractivity contribution is 5.73. The molecule has 1 amide bonds. The Morgan fingerprint density at radius 1 is 1.32 bits per heavy atom. The normalized spacial score (nSPS) is 36.3. The van der Waals surface area contributed by atoms with Crippen LogP contribution < -0.4 is 0 Å². The van der Waals surface area contributed by atoms with Crippen LogP contribution in [0.5, 0.6) is 0 Å². The molecule has 3 aliphatic heterocycles. The van der Waals surface area contributed by atoms with Gasteiger partial charge in [0, 0.05) is 45.1 Å². The monoisotopic (exact) mass is 266 g/mol. The van der Waals surface area contributed by atoms with Crippen molar-refractivity contribution >= 4 is 5.91 Å². The number of rotatable bonds is 2. The molecule has 0 aromatic carbocycles. The Bertz CT molecular complexity index is 341. The van der Waals surface area contributed by atoms with Gasteiger partial charge in [-0.05, 0) is 38.1 Å². The number of hydrogen-bond donors (Lipinski definition) is 0. The summed E-state index contributed by atoms with van der Waals surface area (Å²) < 4.78 is 5.48. The fraction of sp³-hybridized carbons (Fsp3) is 0.933.